The lowest BCUT2D eigenvalue weighted by Crippen LogP contribution is -2.61. The number of carbonyl (C=O) groups excluding carboxylic acids is 2. The number of hydrogen-bond donors (Lipinski definition) is 1. The Hall–Kier alpha value is -2.79. The van der Waals surface area contributed by atoms with E-state index in [4.69, 9.17) is 9.57 Å². The Morgan fingerprint density at radius 1 is 0.804 bits per heavy atom. The highest BCUT2D eigenvalue weighted by Crippen LogP contribution is 2.46. The number of amides is 2. The summed E-state index contributed by atoms with van der Waals surface area (Å²) in [6.45, 7) is 3.64. The maximum atomic E-state index is 15.1. The second-order valence-corrected chi connectivity index (χ2v) is 18.0. The molecule has 0 spiro atoms. The van der Waals surface area contributed by atoms with E-state index in [0.717, 1.165) is 56.1 Å². The largest absolute Gasteiger partial charge is 0.368 e. The third kappa shape index (κ3) is 7.53. The van der Waals surface area contributed by atoms with Gasteiger partial charge in [-0.3, -0.25) is 14.4 Å². The number of hydroxylamine groups is 1. The molecule has 4 atom stereocenters. The SMILES string of the molecule is C[C@H]1CN(C(=O)C2OCCC2C2CCCCCCC2)c2cc(-c3ccc(S(C)(=O)=O)cc3)ccc2N1C(=O)C1(C2CCCCCCC2)CCNO1. The summed E-state index contributed by atoms with van der Waals surface area (Å²) in [5.41, 5.74) is 5.24. The highest BCUT2D eigenvalue weighted by atomic mass is 32.2. The van der Waals surface area contributed by atoms with E-state index in [-0.39, 0.29) is 34.6 Å². The summed E-state index contributed by atoms with van der Waals surface area (Å²) in [6.07, 6.45) is 18.6. The van der Waals surface area contributed by atoms with Crippen LogP contribution >= 0.6 is 0 Å². The molecule has 2 aromatic rings. The van der Waals surface area contributed by atoms with Crippen molar-refractivity contribution in [2.24, 2.45) is 17.8 Å². The normalized spacial score (nSPS) is 28.8. The van der Waals surface area contributed by atoms with E-state index in [1.54, 1.807) is 12.1 Å². The third-order valence-electron chi connectivity index (χ3n) is 12.6. The maximum Gasteiger partial charge on any atom is 0.262 e. The van der Waals surface area contributed by atoms with Gasteiger partial charge >= 0.3 is 0 Å². The third-order valence-corrected chi connectivity index (χ3v) is 13.8. The summed E-state index contributed by atoms with van der Waals surface area (Å²) >= 11 is 0. The van der Waals surface area contributed by atoms with Crippen LogP contribution in [0.15, 0.2) is 47.4 Å². The summed E-state index contributed by atoms with van der Waals surface area (Å²) in [6, 6.07) is 12.6. The molecule has 0 aromatic heterocycles. The van der Waals surface area contributed by atoms with Crippen LogP contribution in [0.4, 0.5) is 11.4 Å². The molecule has 0 radical (unpaired) electrons. The predicted octanol–water partition coefficient (Wildman–Crippen LogP) is 7.62. The van der Waals surface area contributed by atoms with Gasteiger partial charge in [0.05, 0.1) is 22.3 Å². The van der Waals surface area contributed by atoms with Gasteiger partial charge in [0.1, 0.15) is 6.10 Å². The lowest BCUT2D eigenvalue weighted by Gasteiger charge is -2.46. The molecular formula is C41H57N3O6S. The van der Waals surface area contributed by atoms with Crippen molar-refractivity contribution in [3.8, 4) is 11.1 Å². The molecule has 9 nitrogen and oxygen atoms in total. The van der Waals surface area contributed by atoms with Crippen molar-refractivity contribution in [2.75, 3.05) is 35.8 Å². The molecule has 1 N–H and O–H groups in total. The molecule has 0 bridgehead atoms. The van der Waals surface area contributed by atoms with Crippen LogP contribution in [0.3, 0.4) is 0 Å². The molecule has 3 aliphatic heterocycles. The number of sulfone groups is 1. The van der Waals surface area contributed by atoms with Gasteiger partial charge < -0.3 is 14.5 Å². The fourth-order valence-corrected chi connectivity index (χ4v) is 10.5. The monoisotopic (exact) mass is 719 g/mol. The Labute approximate surface area is 304 Å². The number of anilines is 2. The Bertz CT molecular complexity index is 1640. The molecule has 3 unspecified atom stereocenters. The number of nitrogens with zero attached hydrogens (tertiary/aromatic N) is 2. The lowest BCUT2D eigenvalue weighted by atomic mass is 9.75. The number of ether oxygens (including phenoxy) is 1. The van der Waals surface area contributed by atoms with Crippen LogP contribution in [-0.4, -0.2) is 63.9 Å². The predicted molar refractivity (Wildman–Crippen MR) is 200 cm³/mol. The van der Waals surface area contributed by atoms with Crippen molar-refractivity contribution >= 4 is 33.0 Å². The second-order valence-electron chi connectivity index (χ2n) is 16.0. The van der Waals surface area contributed by atoms with Crippen LogP contribution in [-0.2, 0) is 29.0 Å². The van der Waals surface area contributed by atoms with E-state index in [2.05, 4.69) is 12.4 Å². The molecule has 4 fully saturated rings. The van der Waals surface area contributed by atoms with Gasteiger partial charge in [0, 0.05) is 32.4 Å². The summed E-state index contributed by atoms with van der Waals surface area (Å²) in [4.78, 5) is 40.4. The Morgan fingerprint density at radius 3 is 2.06 bits per heavy atom. The summed E-state index contributed by atoms with van der Waals surface area (Å²) < 4.78 is 30.7. The number of fused-ring (bicyclic) bond motifs is 1. The van der Waals surface area contributed by atoms with Crippen molar-refractivity contribution in [1.82, 2.24) is 5.48 Å². The standard InChI is InChI=1S/C41H57N3O6S/c1-29-28-43(39(45)38-35(23-26-49-38)31-13-9-5-3-6-10-14-31)37-27-32(30-17-20-34(21-18-30)51(2,47)48)19-22-36(37)44(29)40(46)41(24-25-42-50-41)33-15-11-7-4-8-12-16-33/h17-22,27,29,31,33,35,38,42H,3-16,23-26,28H2,1-2H3/t29-,35?,38?,41?/m0/s1. The second kappa shape index (κ2) is 15.7. The van der Waals surface area contributed by atoms with Gasteiger partial charge in [0.15, 0.2) is 15.4 Å². The van der Waals surface area contributed by atoms with Gasteiger partial charge in [-0.2, -0.15) is 0 Å². The van der Waals surface area contributed by atoms with E-state index in [0.29, 0.717) is 43.4 Å². The molecule has 2 amide bonds. The minimum atomic E-state index is -3.34. The maximum absolute atomic E-state index is 15.1. The Balaban J connectivity index is 1.26. The number of hydrogen-bond acceptors (Lipinski definition) is 7. The quantitative estimate of drug-likeness (QED) is 0.328. The first kappa shape index (κ1) is 36.6. The van der Waals surface area contributed by atoms with Crippen LogP contribution in [0.25, 0.3) is 11.1 Å². The number of carbonyl (C=O) groups is 2. The number of nitrogens with one attached hydrogen (secondary N) is 1. The van der Waals surface area contributed by atoms with E-state index in [1.807, 2.05) is 40.1 Å². The first-order valence-electron chi connectivity index (χ1n) is 19.8. The zero-order valence-electron chi connectivity index (χ0n) is 30.6. The molecule has 51 heavy (non-hydrogen) atoms. The molecular weight excluding hydrogens is 663 g/mol. The summed E-state index contributed by atoms with van der Waals surface area (Å²) in [5, 5.41) is 0. The van der Waals surface area contributed by atoms with Gasteiger partial charge in [0.2, 0.25) is 0 Å². The van der Waals surface area contributed by atoms with Crippen molar-refractivity contribution in [2.45, 2.75) is 132 Å². The molecule has 278 valence electrons. The molecule has 3 heterocycles. The van der Waals surface area contributed by atoms with E-state index in [9.17, 15) is 13.2 Å². The molecule has 10 heteroatoms. The van der Waals surface area contributed by atoms with Gasteiger partial charge in [-0.15, -0.1) is 0 Å². The lowest BCUT2D eigenvalue weighted by molar-refractivity contribution is -0.155. The Morgan fingerprint density at radius 2 is 1.43 bits per heavy atom. The topological polar surface area (TPSA) is 105 Å². The van der Waals surface area contributed by atoms with Gasteiger partial charge in [-0.05, 0) is 79.3 Å². The zero-order valence-corrected chi connectivity index (χ0v) is 31.4. The molecule has 7 rings (SSSR count). The number of rotatable bonds is 6. The highest BCUT2D eigenvalue weighted by Gasteiger charge is 2.54. The molecule has 2 aromatic carbocycles. The summed E-state index contributed by atoms with van der Waals surface area (Å²) in [5.74, 6) is 0.768. The molecule has 2 saturated carbocycles. The fourth-order valence-electron chi connectivity index (χ4n) is 9.84. The first-order valence-corrected chi connectivity index (χ1v) is 21.7. The minimum absolute atomic E-state index is 0.0159. The molecule has 2 saturated heterocycles. The van der Waals surface area contributed by atoms with Gasteiger partial charge in [0.25, 0.3) is 11.8 Å². The molecule has 5 aliphatic rings. The van der Waals surface area contributed by atoms with E-state index < -0.39 is 21.5 Å². The molecule has 2 aliphatic carbocycles. The van der Waals surface area contributed by atoms with E-state index >= 15 is 4.79 Å². The average Bonchev–Trinajstić information content (AvgIpc) is 3.78. The van der Waals surface area contributed by atoms with E-state index in [1.165, 1.54) is 57.6 Å². The zero-order chi connectivity index (χ0) is 35.6. The highest BCUT2D eigenvalue weighted by molar-refractivity contribution is 7.90. The van der Waals surface area contributed by atoms with Crippen LogP contribution < -0.4 is 15.3 Å². The first-order chi connectivity index (χ1) is 24.7. The minimum Gasteiger partial charge on any atom is -0.368 e. The van der Waals surface area contributed by atoms with Crippen LogP contribution in [0, 0.1) is 17.8 Å². The van der Waals surface area contributed by atoms with Crippen molar-refractivity contribution in [3.05, 3.63) is 42.5 Å². The van der Waals surface area contributed by atoms with Crippen LogP contribution in [0.5, 0.6) is 0 Å². The Kier molecular flexibility index (Phi) is 11.2. The van der Waals surface area contributed by atoms with Crippen molar-refractivity contribution < 1.29 is 27.6 Å². The average molecular weight is 720 g/mol. The smallest absolute Gasteiger partial charge is 0.262 e. The van der Waals surface area contributed by atoms with Crippen LogP contribution in [0.2, 0.25) is 0 Å². The van der Waals surface area contributed by atoms with Crippen molar-refractivity contribution in [3.63, 3.8) is 0 Å². The van der Waals surface area contributed by atoms with Crippen molar-refractivity contribution in [1.29, 1.82) is 0 Å². The van der Waals surface area contributed by atoms with Gasteiger partial charge in [-0.25, -0.2) is 13.9 Å². The van der Waals surface area contributed by atoms with Crippen LogP contribution in [0.1, 0.15) is 110 Å². The van der Waals surface area contributed by atoms with Gasteiger partial charge in [-0.1, -0.05) is 95.2 Å². The fraction of sp³-hybridized carbons (Fsp3) is 0.659. The summed E-state index contributed by atoms with van der Waals surface area (Å²) in [7, 11) is -3.34. The number of benzene rings is 2.